The van der Waals surface area contributed by atoms with Crippen molar-refractivity contribution < 1.29 is 19.1 Å². The summed E-state index contributed by atoms with van der Waals surface area (Å²) >= 11 is 1.38. The molecule has 6 heteroatoms. The van der Waals surface area contributed by atoms with Crippen LogP contribution in [-0.2, 0) is 11.3 Å². The second-order valence-corrected chi connectivity index (χ2v) is 6.57. The van der Waals surface area contributed by atoms with Crippen LogP contribution >= 0.6 is 11.8 Å². The van der Waals surface area contributed by atoms with Gasteiger partial charge in [-0.2, -0.15) is 0 Å². The van der Waals surface area contributed by atoms with E-state index < -0.39 is 5.97 Å². The molecule has 1 amide bonds. The topological polar surface area (TPSA) is 70.8 Å². The van der Waals surface area contributed by atoms with E-state index in [-0.39, 0.29) is 11.5 Å². The molecular formula is C18H13NO4S. The van der Waals surface area contributed by atoms with E-state index in [9.17, 15) is 9.59 Å². The summed E-state index contributed by atoms with van der Waals surface area (Å²) in [5.74, 6) is -0.639. The van der Waals surface area contributed by atoms with Gasteiger partial charge < -0.3 is 14.4 Å². The van der Waals surface area contributed by atoms with Crippen molar-refractivity contribution in [3.8, 4) is 0 Å². The van der Waals surface area contributed by atoms with Crippen LogP contribution in [0.3, 0.4) is 0 Å². The number of aromatic carboxylic acids is 1. The van der Waals surface area contributed by atoms with Gasteiger partial charge in [0.1, 0.15) is 5.58 Å². The zero-order chi connectivity index (χ0) is 16.7. The Morgan fingerprint density at radius 3 is 2.92 bits per heavy atom. The number of thioether (sulfide) groups is 1. The second kappa shape index (κ2) is 5.72. The molecule has 2 heterocycles. The molecule has 1 aromatic heterocycles. The van der Waals surface area contributed by atoms with Gasteiger partial charge >= 0.3 is 5.97 Å². The molecule has 0 aliphatic carbocycles. The van der Waals surface area contributed by atoms with Crippen LogP contribution in [0.5, 0.6) is 0 Å². The molecule has 5 nitrogen and oxygen atoms in total. The Morgan fingerprint density at radius 1 is 1.21 bits per heavy atom. The maximum absolute atomic E-state index is 12.4. The van der Waals surface area contributed by atoms with E-state index in [1.807, 2.05) is 24.3 Å². The number of hydrogen-bond acceptors (Lipinski definition) is 4. The number of anilines is 1. The number of carboxylic acids is 1. The lowest BCUT2D eigenvalue weighted by atomic mass is 10.1. The van der Waals surface area contributed by atoms with Crippen molar-refractivity contribution in [2.24, 2.45) is 0 Å². The molecule has 2 aromatic carbocycles. The molecule has 3 aromatic rings. The Balaban J connectivity index is 1.69. The average molecular weight is 339 g/mol. The molecule has 1 aliphatic heterocycles. The predicted octanol–water partition coefficient (Wildman–Crippen LogP) is 3.77. The fourth-order valence-electron chi connectivity index (χ4n) is 2.81. The third-order valence-electron chi connectivity index (χ3n) is 4.01. The molecule has 0 saturated carbocycles. The standard InChI is InChI=1S/C18H13NO4S/c20-17-10-24-16-8-13(18(21)22)2-3-14(16)19(17)9-11-1-4-15-12(7-11)5-6-23-15/h1-8H,9-10H2,(H,21,22). The van der Waals surface area contributed by atoms with E-state index in [2.05, 4.69) is 0 Å². The van der Waals surface area contributed by atoms with Crippen molar-refractivity contribution in [2.45, 2.75) is 11.4 Å². The minimum atomic E-state index is -0.966. The fourth-order valence-corrected chi connectivity index (χ4v) is 3.78. The van der Waals surface area contributed by atoms with E-state index in [1.54, 1.807) is 23.3 Å². The summed E-state index contributed by atoms with van der Waals surface area (Å²) in [5.41, 5.74) is 2.80. The average Bonchev–Trinajstić information content (AvgIpc) is 3.04. The SMILES string of the molecule is O=C(O)c1ccc2c(c1)SCC(=O)N2Cc1ccc2occc2c1. The Kier molecular flexibility index (Phi) is 3.54. The number of rotatable bonds is 3. The maximum atomic E-state index is 12.4. The smallest absolute Gasteiger partial charge is 0.335 e. The van der Waals surface area contributed by atoms with Crippen LogP contribution in [0.1, 0.15) is 15.9 Å². The van der Waals surface area contributed by atoms with Crippen molar-refractivity contribution >= 4 is 40.3 Å². The van der Waals surface area contributed by atoms with Crippen LogP contribution in [0, 0.1) is 0 Å². The van der Waals surface area contributed by atoms with Gasteiger partial charge in [-0.15, -0.1) is 11.8 Å². The molecule has 0 radical (unpaired) electrons. The molecule has 0 fully saturated rings. The number of carboxylic acid groups (broad SMARTS) is 1. The summed E-state index contributed by atoms with van der Waals surface area (Å²) in [6, 6.07) is 12.6. The third kappa shape index (κ3) is 2.55. The normalized spacial score (nSPS) is 14.0. The lowest BCUT2D eigenvalue weighted by Gasteiger charge is -2.29. The van der Waals surface area contributed by atoms with Crippen LogP contribution in [0.2, 0.25) is 0 Å². The molecule has 24 heavy (non-hydrogen) atoms. The second-order valence-electron chi connectivity index (χ2n) is 5.55. The Labute approximate surface area is 141 Å². The Bertz CT molecular complexity index is 963. The predicted molar refractivity (Wildman–Crippen MR) is 91.5 cm³/mol. The summed E-state index contributed by atoms with van der Waals surface area (Å²) in [7, 11) is 0. The highest BCUT2D eigenvalue weighted by Crippen LogP contribution is 2.37. The van der Waals surface area contributed by atoms with Gasteiger partial charge in [-0.3, -0.25) is 4.79 Å². The fraction of sp³-hybridized carbons (Fsp3) is 0.111. The number of carbonyl (C=O) groups is 2. The number of furan rings is 1. The lowest BCUT2D eigenvalue weighted by molar-refractivity contribution is -0.116. The van der Waals surface area contributed by atoms with Gasteiger partial charge in [0.05, 0.1) is 29.8 Å². The van der Waals surface area contributed by atoms with Crippen molar-refractivity contribution in [3.63, 3.8) is 0 Å². The molecule has 1 aliphatic rings. The monoisotopic (exact) mass is 339 g/mol. The first kappa shape index (κ1) is 14.8. The molecule has 4 rings (SSSR count). The number of carbonyl (C=O) groups excluding carboxylic acids is 1. The van der Waals surface area contributed by atoms with Gasteiger partial charge in [-0.25, -0.2) is 4.79 Å². The number of hydrogen-bond donors (Lipinski definition) is 1. The molecule has 120 valence electrons. The van der Waals surface area contributed by atoms with E-state index in [1.165, 1.54) is 17.8 Å². The van der Waals surface area contributed by atoms with Crippen molar-refractivity contribution in [2.75, 3.05) is 10.7 Å². The highest BCUT2D eigenvalue weighted by Gasteiger charge is 2.25. The first-order valence-corrected chi connectivity index (χ1v) is 8.37. The van der Waals surface area contributed by atoms with Gasteiger partial charge in [0.25, 0.3) is 0 Å². The van der Waals surface area contributed by atoms with Crippen molar-refractivity contribution in [1.82, 2.24) is 0 Å². The quantitative estimate of drug-likeness (QED) is 0.786. The van der Waals surface area contributed by atoms with Crippen LogP contribution in [0.4, 0.5) is 5.69 Å². The summed E-state index contributed by atoms with van der Waals surface area (Å²) in [5, 5.41) is 10.1. The van der Waals surface area contributed by atoms with Crippen LogP contribution in [-0.4, -0.2) is 22.7 Å². The molecule has 0 bridgehead atoms. The summed E-state index contributed by atoms with van der Waals surface area (Å²) in [6.45, 7) is 0.444. The number of nitrogens with zero attached hydrogens (tertiary/aromatic N) is 1. The van der Waals surface area contributed by atoms with E-state index in [0.29, 0.717) is 12.3 Å². The summed E-state index contributed by atoms with van der Waals surface area (Å²) < 4.78 is 5.34. The number of amides is 1. The Hall–Kier alpha value is -2.73. The van der Waals surface area contributed by atoms with Crippen LogP contribution < -0.4 is 4.90 Å². The van der Waals surface area contributed by atoms with Gasteiger partial charge in [0.2, 0.25) is 5.91 Å². The summed E-state index contributed by atoms with van der Waals surface area (Å²) in [6.07, 6.45) is 1.64. The van der Waals surface area contributed by atoms with Gasteiger partial charge in [0.15, 0.2) is 0 Å². The molecule has 0 spiro atoms. The molecule has 0 saturated heterocycles. The van der Waals surface area contributed by atoms with Gasteiger partial charge in [-0.1, -0.05) is 6.07 Å². The Morgan fingerprint density at radius 2 is 2.08 bits per heavy atom. The zero-order valence-electron chi connectivity index (χ0n) is 12.6. The van der Waals surface area contributed by atoms with E-state index >= 15 is 0 Å². The molecular weight excluding hydrogens is 326 g/mol. The first-order chi connectivity index (χ1) is 11.6. The highest BCUT2D eigenvalue weighted by molar-refractivity contribution is 8.00. The summed E-state index contributed by atoms with van der Waals surface area (Å²) in [4.78, 5) is 26.0. The highest BCUT2D eigenvalue weighted by atomic mass is 32.2. The van der Waals surface area contributed by atoms with E-state index in [4.69, 9.17) is 9.52 Å². The van der Waals surface area contributed by atoms with Crippen LogP contribution in [0.25, 0.3) is 11.0 Å². The number of fused-ring (bicyclic) bond motifs is 2. The minimum Gasteiger partial charge on any atom is -0.478 e. The maximum Gasteiger partial charge on any atom is 0.335 e. The zero-order valence-corrected chi connectivity index (χ0v) is 13.4. The third-order valence-corrected chi connectivity index (χ3v) is 5.04. The van der Waals surface area contributed by atoms with Crippen molar-refractivity contribution in [3.05, 3.63) is 59.9 Å². The van der Waals surface area contributed by atoms with Gasteiger partial charge in [0, 0.05) is 10.3 Å². The molecule has 1 N–H and O–H groups in total. The van der Waals surface area contributed by atoms with Crippen molar-refractivity contribution in [1.29, 1.82) is 0 Å². The molecule has 0 unspecified atom stereocenters. The first-order valence-electron chi connectivity index (χ1n) is 7.38. The number of benzene rings is 2. The van der Waals surface area contributed by atoms with Crippen LogP contribution in [0.15, 0.2) is 58.0 Å². The van der Waals surface area contributed by atoms with Gasteiger partial charge in [-0.05, 0) is 42.0 Å². The van der Waals surface area contributed by atoms with E-state index in [0.717, 1.165) is 27.1 Å². The lowest BCUT2D eigenvalue weighted by Crippen LogP contribution is -2.34. The molecule has 0 atom stereocenters. The largest absolute Gasteiger partial charge is 0.478 e. The minimum absolute atomic E-state index is 0.0165.